The van der Waals surface area contributed by atoms with Crippen LogP contribution in [-0.2, 0) is 11.2 Å². The number of hydrogen-bond donors (Lipinski definition) is 2. The van der Waals surface area contributed by atoms with E-state index < -0.39 is 0 Å². The molecule has 0 bridgehead atoms. The van der Waals surface area contributed by atoms with E-state index in [4.69, 9.17) is 14.3 Å². The van der Waals surface area contributed by atoms with Gasteiger partial charge in [-0.2, -0.15) is 0 Å². The van der Waals surface area contributed by atoms with Gasteiger partial charge in [0.05, 0.1) is 0 Å². The first-order valence-electron chi connectivity index (χ1n) is 9.61. The summed E-state index contributed by atoms with van der Waals surface area (Å²) in [7, 11) is 0. The smallest absolute Gasteiger partial charge is 0.340 e. The van der Waals surface area contributed by atoms with E-state index >= 15 is 0 Å². The second-order valence-electron chi connectivity index (χ2n) is 6.94. The monoisotopic (exact) mass is 395 g/mol. The molecule has 3 aromatic rings. The summed E-state index contributed by atoms with van der Waals surface area (Å²) in [4.78, 5) is 24.4. The lowest BCUT2D eigenvalue weighted by Gasteiger charge is -2.13. The zero-order valence-electron chi connectivity index (χ0n) is 16.7. The summed E-state index contributed by atoms with van der Waals surface area (Å²) in [6.07, 6.45) is 1.01. The van der Waals surface area contributed by atoms with Crippen LogP contribution < -0.4 is 15.7 Å². The lowest BCUT2D eigenvalue weighted by atomic mass is 9.98. The fraction of sp³-hybridized carbons (Fsp3) is 0.304. The van der Waals surface area contributed by atoms with Crippen molar-refractivity contribution in [3.8, 4) is 5.75 Å². The maximum Gasteiger partial charge on any atom is 0.340 e. The lowest BCUT2D eigenvalue weighted by molar-refractivity contribution is -0.123. The molecular formula is C23H25NO5. The second-order valence-corrected chi connectivity index (χ2v) is 6.94. The van der Waals surface area contributed by atoms with Gasteiger partial charge in [-0.05, 0) is 43.5 Å². The number of ether oxygens (including phenoxy) is 1. The van der Waals surface area contributed by atoms with Crippen molar-refractivity contribution in [2.45, 2.75) is 26.7 Å². The number of nitrogens with one attached hydrogen (secondary N) is 1. The molecule has 152 valence electrons. The molecule has 0 aliphatic carbocycles. The van der Waals surface area contributed by atoms with E-state index in [0.717, 1.165) is 16.5 Å². The molecule has 2 aromatic carbocycles. The van der Waals surface area contributed by atoms with Crippen LogP contribution in [0.2, 0.25) is 0 Å². The van der Waals surface area contributed by atoms with Gasteiger partial charge in [-0.1, -0.05) is 30.3 Å². The van der Waals surface area contributed by atoms with E-state index in [1.165, 1.54) is 0 Å². The predicted octanol–water partition coefficient (Wildman–Crippen LogP) is 2.88. The molecule has 29 heavy (non-hydrogen) atoms. The van der Waals surface area contributed by atoms with E-state index in [0.29, 0.717) is 41.8 Å². The molecule has 0 radical (unpaired) electrons. The van der Waals surface area contributed by atoms with Crippen molar-refractivity contribution >= 4 is 16.9 Å². The first-order chi connectivity index (χ1) is 14.0. The summed E-state index contributed by atoms with van der Waals surface area (Å²) in [5.41, 5.74) is 3.36. The van der Waals surface area contributed by atoms with E-state index in [9.17, 15) is 9.59 Å². The number of aliphatic hydroxyl groups is 1. The summed E-state index contributed by atoms with van der Waals surface area (Å²) < 4.78 is 11.2. The number of carbonyl (C=O) groups excluding carboxylic acids is 1. The zero-order chi connectivity index (χ0) is 20.8. The topological polar surface area (TPSA) is 88.8 Å². The molecule has 6 heteroatoms. The Balaban J connectivity index is 1.84. The molecule has 1 heterocycles. The van der Waals surface area contributed by atoms with Crippen LogP contribution in [0.15, 0.2) is 51.7 Å². The van der Waals surface area contributed by atoms with Crippen LogP contribution in [0.3, 0.4) is 0 Å². The van der Waals surface area contributed by atoms with Crippen molar-refractivity contribution in [2.24, 2.45) is 0 Å². The van der Waals surface area contributed by atoms with Crippen molar-refractivity contribution < 1.29 is 19.1 Å². The van der Waals surface area contributed by atoms with Crippen molar-refractivity contribution in [2.75, 3.05) is 19.8 Å². The zero-order valence-corrected chi connectivity index (χ0v) is 16.7. The van der Waals surface area contributed by atoms with E-state index in [1.807, 2.05) is 43.3 Å². The fourth-order valence-corrected chi connectivity index (χ4v) is 3.23. The highest BCUT2D eigenvalue weighted by molar-refractivity contribution is 5.86. The van der Waals surface area contributed by atoms with Gasteiger partial charge in [0.2, 0.25) is 0 Å². The minimum Gasteiger partial charge on any atom is -0.483 e. The van der Waals surface area contributed by atoms with Gasteiger partial charge < -0.3 is 19.6 Å². The number of fused-ring (bicyclic) bond motifs is 1. The Morgan fingerprint density at radius 2 is 1.86 bits per heavy atom. The minimum absolute atomic E-state index is 0.0234. The Kier molecular flexibility index (Phi) is 6.67. The number of hydrogen-bond acceptors (Lipinski definition) is 5. The largest absolute Gasteiger partial charge is 0.483 e. The second kappa shape index (κ2) is 9.39. The van der Waals surface area contributed by atoms with Gasteiger partial charge in [-0.25, -0.2) is 4.79 Å². The summed E-state index contributed by atoms with van der Waals surface area (Å²) in [6, 6.07) is 13.4. The first kappa shape index (κ1) is 20.6. The molecule has 6 nitrogen and oxygen atoms in total. The molecule has 2 N–H and O–H groups in total. The number of amides is 1. The van der Waals surface area contributed by atoms with Crippen LogP contribution in [0, 0.1) is 13.8 Å². The van der Waals surface area contributed by atoms with E-state index in [1.54, 1.807) is 13.0 Å². The van der Waals surface area contributed by atoms with Crippen molar-refractivity contribution in [1.29, 1.82) is 0 Å². The van der Waals surface area contributed by atoms with Crippen LogP contribution >= 0.6 is 0 Å². The highest BCUT2D eigenvalue weighted by atomic mass is 16.5. The quantitative estimate of drug-likeness (QED) is 0.452. The summed E-state index contributed by atoms with van der Waals surface area (Å²) in [5, 5.41) is 12.3. The summed E-state index contributed by atoms with van der Waals surface area (Å²) in [5.74, 6) is 0.224. The van der Waals surface area contributed by atoms with Gasteiger partial charge in [0.1, 0.15) is 11.3 Å². The third-order valence-corrected chi connectivity index (χ3v) is 4.89. The molecule has 0 atom stereocenters. The van der Waals surface area contributed by atoms with E-state index in [2.05, 4.69) is 5.32 Å². The third-order valence-electron chi connectivity index (χ3n) is 4.89. The highest BCUT2D eigenvalue weighted by Gasteiger charge is 2.16. The normalized spacial score (nSPS) is 10.9. The SMILES string of the molecule is Cc1c(Cc2ccccc2)c(=O)oc2c(C)c(OCC(=O)NCCCO)ccc12. The molecule has 0 saturated heterocycles. The van der Waals surface area contributed by atoms with Gasteiger partial charge in [-0.3, -0.25) is 4.79 Å². The molecule has 3 rings (SSSR count). The highest BCUT2D eigenvalue weighted by Crippen LogP contribution is 2.30. The molecular weight excluding hydrogens is 370 g/mol. The van der Waals surface area contributed by atoms with Crippen LogP contribution in [0.4, 0.5) is 0 Å². The van der Waals surface area contributed by atoms with Gasteiger partial charge >= 0.3 is 5.63 Å². The fourth-order valence-electron chi connectivity index (χ4n) is 3.23. The van der Waals surface area contributed by atoms with Crippen molar-refractivity contribution in [3.05, 3.63) is 75.1 Å². The number of benzene rings is 2. The number of rotatable bonds is 8. The molecule has 0 aliphatic heterocycles. The van der Waals surface area contributed by atoms with Crippen LogP contribution in [0.25, 0.3) is 11.0 Å². The van der Waals surface area contributed by atoms with Gasteiger partial charge in [0.15, 0.2) is 6.61 Å². The Morgan fingerprint density at radius 1 is 1.10 bits per heavy atom. The lowest BCUT2D eigenvalue weighted by Crippen LogP contribution is -2.30. The average Bonchev–Trinajstić information content (AvgIpc) is 2.72. The van der Waals surface area contributed by atoms with Gasteiger partial charge in [-0.15, -0.1) is 0 Å². The first-order valence-corrected chi connectivity index (χ1v) is 9.61. The number of carbonyl (C=O) groups is 1. The molecule has 1 aromatic heterocycles. The van der Waals surface area contributed by atoms with Gasteiger partial charge in [0, 0.05) is 36.1 Å². The maximum absolute atomic E-state index is 12.6. The maximum atomic E-state index is 12.6. The Labute approximate surface area is 169 Å². The van der Waals surface area contributed by atoms with Crippen LogP contribution in [-0.4, -0.2) is 30.8 Å². The molecule has 0 saturated carbocycles. The van der Waals surface area contributed by atoms with Crippen LogP contribution in [0.5, 0.6) is 5.75 Å². The van der Waals surface area contributed by atoms with Crippen molar-refractivity contribution in [3.63, 3.8) is 0 Å². The van der Waals surface area contributed by atoms with Crippen LogP contribution in [0.1, 0.15) is 28.7 Å². The third kappa shape index (κ3) is 4.84. The standard InChI is InChI=1S/C23H25NO5/c1-15-18-9-10-20(28-14-21(26)24-11-6-12-25)16(2)22(18)29-23(27)19(15)13-17-7-4-3-5-8-17/h3-5,7-10,25H,6,11-14H2,1-2H3,(H,24,26). The summed E-state index contributed by atoms with van der Waals surface area (Å²) >= 11 is 0. The van der Waals surface area contributed by atoms with E-state index in [-0.39, 0.29) is 24.7 Å². The molecule has 0 spiro atoms. The molecule has 0 aliphatic rings. The number of aryl methyl sites for hydroxylation is 2. The molecule has 0 unspecified atom stereocenters. The molecule has 0 fully saturated rings. The Hall–Kier alpha value is -3.12. The predicted molar refractivity (Wildman–Crippen MR) is 111 cm³/mol. The average molecular weight is 395 g/mol. The van der Waals surface area contributed by atoms with Gasteiger partial charge in [0.25, 0.3) is 5.91 Å². The van der Waals surface area contributed by atoms with Crippen molar-refractivity contribution in [1.82, 2.24) is 5.32 Å². The Bertz CT molecular complexity index is 1060. The molecule has 1 amide bonds. The Morgan fingerprint density at radius 3 is 2.59 bits per heavy atom. The number of aliphatic hydroxyl groups excluding tert-OH is 1. The summed E-state index contributed by atoms with van der Waals surface area (Å²) in [6.45, 7) is 4.00. The minimum atomic E-state index is -0.360.